The summed E-state index contributed by atoms with van der Waals surface area (Å²) in [6.45, 7) is 9.83. The second-order valence-corrected chi connectivity index (χ2v) is 10.9. The topological polar surface area (TPSA) is 121 Å². The summed E-state index contributed by atoms with van der Waals surface area (Å²) in [5, 5.41) is 9.00. The number of aryl methyl sites for hydroxylation is 1. The number of nitrogens with zero attached hydrogens (tertiary/aromatic N) is 3. The molecule has 1 fully saturated rings. The van der Waals surface area contributed by atoms with Gasteiger partial charge in [0.25, 0.3) is 0 Å². The summed E-state index contributed by atoms with van der Waals surface area (Å²) in [5.41, 5.74) is -0.464. The maximum atomic E-state index is 12.1. The van der Waals surface area contributed by atoms with Crippen LogP contribution in [0.15, 0.2) is 15.8 Å². The van der Waals surface area contributed by atoms with E-state index in [0.717, 1.165) is 0 Å². The van der Waals surface area contributed by atoms with Crippen molar-refractivity contribution in [2.75, 3.05) is 12.8 Å². The van der Waals surface area contributed by atoms with Crippen molar-refractivity contribution in [2.45, 2.75) is 78.3 Å². The van der Waals surface area contributed by atoms with Crippen molar-refractivity contribution in [1.82, 2.24) is 14.2 Å². The Hall–Kier alpha value is -1.56. The van der Waals surface area contributed by atoms with Gasteiger partial charge >= 0.3 is 171 Å². The van der Waals surface area contributed by atoms with Crippen LogP contribution in [0.2, 0.25) is 0 Å². The minimum absolute atomic E-state index is 0.0744. The first kappa shape index (κ1) is 23.7. The molecule has 2 N–H and O–H groups in total. The molecule has 0 spiro atoms. The van der Waals surface area contributed by atoms with Crippen LogP contribution in [0.3, 0.4) is 0 Å². The van der Waals surface area contributed by atoms with Crippen LogP contribution in [0.4, 0.5) is 0 Å². The van der Waals surface area contributed by atoms with E-state index in [1.807, 2.05) is 32.4 Å². The Labute approximate surface area is 171 Å². The van der Waals surface area contributed by atoms with Crippen molar-refractivity contribution in [1.29, 1.82) is 5.26 Å². The Morgan fingerprint density at radius 3 is 2.62 bits per heavy atom. The van der Waals surface area contributed by atoms with Gasteiger partial charge in [-0.1, -0.05) is 0 Å². The molecule has 2 heterocycles. The molecule has 164 valence electrons. The van der Waals surface area contributed by atoms with Gasteiger partial charge in [0.1, 0.15) is 0 Å². The van der Waals surface area contributed by atoms with Gasteiger partial charge in [-0.15, -0.1) is 0 Å². The number of hydrogen-bond donors (Lipinski definition) is 2. The molecule has 0 aliphatic carbocycles. The third-order valence-corrected chi connectivity index (χ3v) is 8.49. The number of nitriles is 1. The van der Waals surface area contributed by atoms with Crippen molar-refractivity contribution in [2.24, 2.45) is 0 Å². The molecule has 1 aromatic heterocycles. The first-order valence-electron chi connectivity index (χ1n) is 10.1. The number of nitrogens with one attached hydrogen (secondary N) is 1. The number of ether oxygens (including phenoxy) is 1. The molecule has 1 saturated heterocycles. The number of H-pyrrole nitrogens is 1. The molecule has 0 unspecified atom stereocenters. The van der Waals surface area contributed by atoms with Crippen LogP contribution in [-0.4, -0.2) is 50.1 Å². The number of rotatable bonds is 9. The normalized spacial score (nSPS) is 20.6. The van der Waals surface area contributed by atoms with Crippen LogP contribution in [-0.2, 0) is 9.26 Å². The zero-order chi connectivity index (χ0) is 21.8. The summed E-state index contributed by atoms with van der Waals surface area (Å²) in [5.74, 6) is 0. The summed E-state index contributed by atoms with van der Waals surface area (Å²) >= 11 is 0. The molecular weight excluding hydrogens is 395 g/mol. The first-order valence-corrected chi connectivity index (χ1v) is 12.1. The molecule has 0 amide bonds. The predicted octanol–water partition coefficient (Wildman–Crippen LogP) is 2.06. The zero-order valence-corrected chi connectivity index (χ0v) is 18.8. The fourth-order valence-electron chi connectivity index (χ4n) is 3.94. The SMILES string of the molecule is Cc1cn([C@H]2CC[C@@H](CO[PH](O)(CCC#N)N(C(C)C)C(C)C)O2)c(=O)[nH]c1=O. The molecule has 0 bridgehead atoms. The third kappa shape index (κ3) is 5.74. The Balaban J connectivity index is 2.09. The fraction of sp³-hybridized carbons (Fsp3) is 0.737. The molecule has 1 aromatic rings. The number of aromatic amines is 1. The van der Waals surface area contributed by atoms with Crippen LogP contribution in [0.5, 0.6) is 0 Å². The molecule has 29 heavy (non-hydrogen) atoms. The molecule has 2 atom stereocenters. The van der Waals surface area contributed by atoms with Crippen LogP contribution in [0.1, 0.15) is 58.7 Å². The van der Waals surface area contributed by atoms with Crippen LogP contribution in [0.25, 0.3) is 0 Å². The molecule has 0 saturated carbocycles. The van der Waals surface area contributed by atoms with Gasteiger partial charge in [-0.3, -0.25) is 0 Å². The van der Waals surface area contributed by atoms with Crippen molar-refractivity contribution in [3.8, 4) is 6.07 Å². The van der Waals surface area contributed by atoms with E-state index in [0.29, 0.717) is 24.6 Å². The minimum atomic E-state index is -3.31. The van der Waals surface area contributed by atoms with E-state index in [4.69, 9.17) is 14.5 Å². The molecule has 0 radical (unpaired) electrons. The van der Waals surface area contributed by atoms with Gasteiger partial charge in [0.2, 0.25) is 0 Å². The molecule has 1 aliphatic rings. The summed E-state index contributed by atoms with van der Waals surface area (Å²) in [6.07, 6.45) is 2.55. The van der Waals surface area contributed by atoms with Gasteiger partial charge in [-0.2, -0.15) is 0 Å². The van der Waals surface area contributed by atoms with Gasteiger partial charge in [0.15, 0.2) is 0 Å². The van der Waals surface area contributed by atoms with Gasteiger partial charge in [-0.05, 0) is 0 Å². The second kappa shape index (κ2) is 9.96. The Morgan fingerprint density at radius 1 is 1.38 bits per heavy atom. The second-order valence-electron chi connectivity index (χ2n) is 8.08. The molecule has 1 aliphatic heterocycles. The zero-order valence-electron chi connectivity index (χ0n) is 17.8. The summed E-state index contributed by atoms with van der Waals surface area (Å²) < 4.78 is 15.4. The molecular formula is C19H33N4O5P. The van der Waals surface area contributed by atoms with Crippen molar-refractivity contribution >= 4 is 7.87 Å². The first-order chi connectivity index (χ1) is 13.6. The van der Waals surface area contributed by atoms with Crippen LogP contribution in [0, 0.1) is 18.3 Å². The van der Waals surface area contributed by atoms with E-state index in [2.05, 4.69) is 11.1 Å². The average Bonchev–Trinajstić information content (AvgIpc) is 3.09. The Bertz CT molecular complexity index is 838. The van der Waals surface area contributed by atoms with Gasteiger partial charge in [-0.25, -0.2) is 0 Å². The molecule has 9 nitrogen and oxygen atoms in total. The Kier molecular flexibility index (Phi) is 8.15. The fourth-order valence-corrected chi connectivity index (χ4v) is 6.99. The van der Waals surface area contributed by atoms with Crippen LogP contribution < -0.4 is 11.2 Å². The Morgan fingerprint density at radius 2 is 2.03 bits per heavy atom. The van der Waals surface area contributed by atoms with E-state index in [1.54, 1.807) is 6.92 Å². The maximum absolute atomic E-state index is 12.1. The van der Waals surface area contributed by atoms with E-state index < -0.39 is 25.3 Å². The van der Waals surface area contributed by atoms with E-state index in [-0.39, 0.29) is 31.2 Å². The van der Waals surface area contributed by atoms with Crippen molar-refractivity contribution < 1.29 is 14.2 Å². The molecule has 0 aromatic carbocycles. The summed E-state index contributed by atoms with van der Waals surface area (Å²) in [4.78, 5) is 37.3. The standard InChI is InChI=1S/C19H33N4O5P/c1-13(2)23(14(3)4)29(26,10-6-9-20)27-12-16-7-8-17(28-16)22-11-15(5)18(24)21-19(22)25/h11,13-14,16-17,26,29H,6-8,10,12H2,1-5H3,(H,21,24,25)/t16-,17+/m0/s1. The quantitative estimate of drug-likeness (QED) is 0.578. The van der Waals surface area contributed by atoms with E-state index in [1.165, 1.54) is 10.8 Å². The average molecular weight is 428 g/mol. The van der Waals surface area contributed by atoms with Gasteiger partial charge in [0.05, 0.1) is 0 Å². The van der Waals surface area contributed by atoms with Gasteiger partial charge < -0.3 is 0 Å². The van der Waals surface area contributed by atoms with Gasteiger partial charge in [0, 0.05) is 0 Å². The predicted molar refractivity (Wildman–Crippen MR) is 113 cm³/mol. The third-order valence-electron chi connectivity index (χ3n) is 5.12. The van der Waals surface area contributed by atoms with Crippen molar-refractivity contribution in [3.05, 3.63) is 32.6 Å². The monoisotopic (exact) mass is 428 g/mol. The molecule has 2 rings (SSSR count). The molecule has 10 heteroatoms. The number of hydrogen-bond acceptors (Lipinski definition) is 7. The summed E-state index contributed by atoms with van der Waals surface area (Å²) in [6, 6.07) is 2.25. The van der Waals surface area contributed by atoms with E-state index in [9.17, 15) is 14.5 Å². The summed E-state index contributed by atoms with van der Waals surface area (Å²) in [7, 11) is -3.31. The van der Waals surface area contributed by atoms with E-state index >= 15 is 0 Å². The van der Waals surface area contributed by atoms with Crippen molar-refractivity contribution in [3.63, 3.8) is 0 Å². The van der Waals surface area contributed by atoms with Crippen LogP contribution >= 0.6 is 7.87 Å². The number of aromatic nitrogens is 2.